The molecule has 172 valence electrons. The van der Waals surface area contributed by atoms with Gasteiger partial charge in [-0.25, -0.2) is 4.98 Å². The van der Waals surface area contributed by atoms with Gasteiger partial charge in [-0.1, -0.05) is 62.0 Å². The van der Waals surface area contributed by atoms with Crippen LogP contribution in [0.15, 0.2) is 76.0 Å². The van der Waals surface area contributed by atoms with Gasteiger partial charge in [0.2, 0.25) is 0 Å². The monoisotopic (exact) mass is 479 g/mol. The lowest BCUT2D eigenvalue weighted by Gasteiger charge is -2.18. The Balaban J connectivity index is 1.63. The van der Waals surface area contributed by atoms with Crippen LogP contribution in [-0.4, -0.2) is 40.7 Å². The van der Waals surface area contributed by atoms with Gasteiger partial charge in [-0.2, -0.15) is 0 Å². The lowest BCUT2D eigenvalue weighted by molar-refractivity contribution is 0.223. The van der Waals surface area contributed by atoms with Gasteiger partial charge < -0.3 is 9.64 Å². The minimum Gasteiger partial charge on any atom is -0.492 e. The van der Waals surface area contributed by atoms with Crippen molar-refractivity contribution in [3.8, 4) is 5.75 Å². The summed E-state index contributed by atoms with van der Waals surface area (Å²) in [6.45, 7) is 8.26. The first-order valence-electron chi connectivity index (χ1n) is 11.3. The summed E-state index contributed by atoms with van der Waals surface area (Å²) in [5.74, 6) is 1.47. The number of aromatic nitrogens is 2. The predicted octanol–water partition coefficient (Wildman–Crippen LogP) is 5.52. The molecule has 33 heavy (non-hydrogen) atoms. The summed E-state index contributed by atoms with van der Waals surface area (Å²) in [6.07, 6.45) is 0. The van der Waals surface area contributed by atoms with Crippen molar-refractivity contribution in [3.63, 3.8) is 0 Å². The van der Waals surface area contributed by atoms with Gasteiger partial charge in [0.25, 0.3) is 5.56 Å². The molecule has 2 aromatic carbocycles. The summed E-state index contributed by atoms with van der Waals surface area (Å²) in [4.78, 5) is 21.9. The van der Waals surface area contributed by atoms with Gasteiger partial charge in [-0.3, -0.25) is 9.36 Å². The van der Waals surface area contributed by atoms with Crippen molar-refractivity contribution in [2.24, 2.45) is 0 Å². The Labute approximate surface area is 203 Å². The summed E-state index contributed by atoms with van der Waals surface area (Å²) in [5, 5.41) is 3.36. The number of hydrogen-bond acceptors (Lipinski definition) is 6. The van der Waals surface area contributed by atoms with E-state index in [1.54, 1.807) is 27.7 Å². The maximum atomic E-state index is 13.6. The zero-order chi connectivity index (χ0) is 23.0. The summed E-state index contributed by atoms with van der Waals surface area (Å²) < 4.78 is 7.76. The van der Waals surface area contributed by atoms with E-state index in [1.165, 1.54) is 5.56 Å². The van der Waals surface area contributed by atoms with Gasteiger partial charge in [-0.05, 0) is 48.3 Å². The molecule has 2 heterocycles. The van der Waals surface area contributed by atoms with E-state index in [2.05, 4.69) is 36.9 Å². The molecule has 0 spiro atoms. The van der Waals surface area contributed by atoms with Crippen molar-refractivity contribution in [2.45, 2.75) is 31.3 Å². The molecule has 2 aromatic heterocycles. The maximum Gasteiger partial charge on any atom is 0.262 e. The SMILES string of the molecule is CCN(CC)CCOc1ccc2nc(SCc3ccccc3)n(Cc3cccs3)c(=O)c2c1. The second-order valence-corrected chi connectivity index (χ2v) is 9.67. The highest BCUT2D eigenvalue weighted by Crippen LogP contribution is 2.25. The molecule has 4 aromatic rings. The smallest absolute Gasteiger partial charge is 0.262 e. The van der Waals surface area contributed by atoms with Crippen LogP contribution in [0.25, 0.3) is 10.9 Å². The number of rotatable bonds is 11. The molecule has 5 nitrogen and oxygen atoms in total. The Kier molecular flexibility index (Phi) is 8.20. The molecular formula is C26H29N3O2S2. The minimum atomic E-state index is -0.0295. The van der Waals surface area contributed by atoms with Gasteiger partial charge in [0, 0.05) is 17.2 Å². The molecule has 0 amide bonds. The quantitative estimate of drug-likeness (QED) is 0.209. The Hall–Kier alpha value is -2.61. The van der Waals surface area contributed by atoms with Crippen molar-refractivity contribution < 1.29 is 4.74 Å². The molecular weight excluding hydrogens is 450 g/mol. The van der Waals surface area contributed by atoms with Crippen molar-refractivity contribution in [1.82, 2.24) is 14.5 Å². The fraction of sp³-hybridized carbons (Fsp3) is 0.308. The van der Waals surface area contributed by atoms with Crippen LogP contribution >= 0.6 is 23.1 Å². The minimum absolute atomic E-state index is 0.0295. The second-order valence-electron chi connectivity index (χ2n) is 7.69. The second kappa shape index (κ2) is 11.5. The molecule has 0 aliphatic rings. The standard InChI is InChI=1S/C26H29N3O2S2/c1-3-28(4-2)14-15-31-21-12-13-24-23(17-21)25(30)29(18-22-11-8-16-32-22)26(27-24)33-19-20-9-6-5-7-10-20/h5-13,16-17H,3-4,14-15,18-19H2,1-2H3. The first kappa shape index (κ1) is 23.5. The predicted molar refractivity (Wildman–Crippen MR) is 139 cm³/mol. The van der Waals surface area contributed by atoms with Crippen LogP contribution in [0.2, 0.25) is 0 Å². The maximum absolute atomic E-state index is 13.6. The molecule has 0 fully saturated rings. The number of ether oxygens (including phenoxy) is 1. The highest BCUT2D eigenvalue weighted by molar-refractivity contribution is 7.98. The first-order valence-corrected chi connectivity index (χ1v) is 13.1. The van der Waals surface area contributed by atoms with E-state index in [0.717, 1.165) is 35.4 Å². The Morgan fingerprint density at radius 2 is 1.88 bits per heavy atom. The van der Waals surface area contributed by atoms with Crippen LogP contribution in [0, 0.1) is 0 Å². The Bertz CT molecular complexity index is 1220. The number of thioether (sulfide) groups is 1. The number of likely N-dealkylation sites (N-methyl/N-ethyl adjacent to an activating group) is 1. The van der Waals surface area contributed by atoms with Crippen LogP contribution in [0.5, 0.6) is 5.75 Å². The lowest BCUT2D eigenvalue weighted by Crippen LogP contribution is -2.28. The summed E-state index contributed by atoms with van der Waals surface area (Å²) in [7, 11) is 0. The number of benzene rings is 2. The molecule has 7 heteroatoms. The normalized spacial score (nSPS) is 11.4. The largest absolute Gasteiger partial charge is 0.492 e. The summed E-state index contributed by atoms with van der Waals surface area (Å²) in [5.41, 5.74) is 1.88. The van der Waals surface area contributed by atoms with Crippen molar-refractivity contribution in [1.29, 1.82) is 0 Å². The van der Waals surface area contributed by atoms with Crippen molar-refractivity contribution in [2.75, 3.05) is 26.2 Å². The number of hydrogen-bond donors (Lipinski definition) is 0. The average molecular weight is 480 g/mol. The van der Waals surface area contributed by atoms with Crippen LogP contribution in [0.3, 0.4) is 0 Å². The molecule has 0 bridgehead atoms. The van der Waals surface area contributed by atoms with E-state index in [9.17, 15) is 4.79 Å². The lowest BCUT2D eigenvalue weighted by atomic mass is 10.2. The van der Waals surface area contributed by atoms with E-state index < -0.39 is 0 Å². The number of fused-ring (bicyclic) bond motifs is 1. The molecule has 4 rings (SSSR count). The van der Waals surface area contributed by atoms with Gasteiger partial charge in [0.05, 0.1) is 17.4 Å². The van der Waals surface area contributed by atoms with E-state index >= 15 is 0 Å². The third kappa shape index (κ3) is 6.05. The zero-order valence-electron chi connectivity index (χ0n) is 19.1. The Morgan fingerprint density at radius 3 is 2.61 bits per heavy atom. The highest BCUT2D eigenvalue weighted by atomic mass is 32.2. The summed E-state index contributed by atoms with van der Waals surface area (Å²) >= 11 is 3.25. The van der Waals surface area contributed by atoms with Crippen LogP contribution in [0.1, 0.15) is 24.3 Å². The van der Waals surface area contributed by atoms with Crippen LogP contribution in [-0.2, 0) is 12.3 Å². The number of nitrogens with zero attached hydrogens (tertiary/aromatic N) is 3. The average Bonchev–Trinajstić information content (AvgIpc) is 3.37. The van der Waals surface area contributed by atoms with Crippen molar-refractivity contribution in [3.05, 3.63) is 86.8 Å². The molecule has 0 radical (unpaired) electrons. The van der Waals surface area contributed by atoms with E-state index in [0.29, 0.717) is 29.8 Å². The van der Waals surface area contributed by atoms with E-state index in [4.69, 9.17) is 9.72 Å². The molecule has 0 saturated carbocycles. The molecule has 0 aliphatic heterocycles. The molecule has 0 N–H and O–H groups in total. The molecule has 0 atom stereocenters. The molecule has 0 unspecified atom stereocenters. The fourth-order valence-electron chi connectivity index (χ4n) is 3.63. The van der Waals surface area contributed by atoms with Gasteiger partial charge in [0.15, 0.2) is 5.16 Å². The van der Waals surface area contributed by atoms with Crippen LogP contribution in [0.4, 0.5) is 0 Å². The van der Waals surface area contributed by atoms with Crippen LogP contribution < -0.4 is 10.3 Å². The van der Waals surface area contributed by atoms with Crippen molar-refractivity contribution >= 4 is 34.0 Å². The molecule has 0 aliphatic carbocycles. The first-order chi connectivity index (χ1) is 16.2. The molecule has 0 saturated heterocycles. The zero-order valence-corrected chi connectivity index (χ0v) is 20.7. The van der Waals surface area contributed by atoms with E-state index in [-0.39, 0.29) is 5.56 Å². The number of thiophene rings is 1. The third-order valence-electron chi connectivity index (χ3n) is 5.57. The fourth-order valence-corrected chi connectivity index (χ4v) is 5.28. The third-order valence-corrected chi connectivity index (χ3v) is 7.47. The Morgan fingerprint density at radius 1 is 1.06 bits per heavy atom. The van der Waals surface area contributed by atoms with Gasteiger partial charge in [0.1, 0.15) is 12.4 Å². The van der Waals surface area contributed by atoms with Gasteiger partial charge >= 0.3 is 0 Å². The summed E-state index contributed by atoms with van der Waals surface area (Å²) in [6, 6.07) is 20.0. The highest BCUT2D eigenvalue weighted by Gasteiger charge is 2.14. The van der Waals surface area contributed by atoms with E-state index in [1.807, 2.05) is 47.8 Å². The van der Waals surface area contributed by atoms with Gasteiger partial charge in [-0.15, -0.1) is 11.3 Å². The topological polar surface area (TPSA) is 47.4 Å².